The molecule has 1 amide bonds. The Labute approximate surface area is 199 Å². The van der Waals surface area contributed by atoms with Crippen LogP contribution in [0.2, 0.25) is 0 Å². The van der Waals surface area contributed by atoms with Crippen LogP contribution in [0.3, 0.4) is 0 Å². The number of para-hydroxylation sites is 1. The van der Waals surface area contributed by atoms with Gasteiger partial charge in [0, 0.05) is 5.56 Å². The molecule has 2 aliphatic rings. The van der Waals surface area contributed by atoms with Crippen LogP contribution in [0.5, 0.6) is 0 Å². The minimum Gasteiger partial charge on any atom is -0.385 e. The van der Waals surface area contributed by atoms with Gasteiger partial charge in [0.1, 0.15) is 18.5 Å². The van der Waals surface area contributed by atoms with Crippen LogP contribution >= 0.6 is 0 Å². The zero-order chi connectivity index (χ0) is 23.3. The molecule has 2 aliphatic heterocycles. The maximum atomic E-state index is 12.5. The summed E-state index contributed by atoms with van der Waals surface area (Å²) in [5.41, 5.74) is 4.35. The maximum Gasteiger partial charge on any atom is 0.254 e. The van der Waals surface area contributed by atoms with Crippen molar-refractivity contribution >= 4 is 23.3 Å². The summed E-state index contributed by atoms with van der Waals surface area (Å²) in [6, 6.07) is 7.62. The van der Waals surface area contributed by atoms with E-state index in [1.807, 2.05) is 24.3 Å². The predicted molar refractivity (Wildman–Crippen MR) is 136 cm³/mol. The summed E-state index contributed by atoms with van der Waals surface area (Å²) in [4.78, 5) is 18.7. The lowest BCUT2D eigenvalue weighted by molar-refractivity contribution is -0.124. The predicted octanol–water partition coefficient (Wildman–Crippen LogP) is 6.06. The average molecular weight is 455 g/mol. The molecular formula is C27H42N4O2. The number of hydrogen-bond donors (Lipinski definition) is 2. The van der Waals surface area contributed by atoms with Crippen molar-refractivity contribution in [2.75, 3.05) is 6.54 Å². The summed E-state index contributed by atoms with van der Waals surface area (Å²) < 4.78 is 0. The fourth-order valence-corrected chi connectivity index (χ4v) is 4.66. The number of amides is 1. The van der Waals surface area contributed by atoms with E-state index in [2.05, 4.69) is 22.4 Å². The second-order valence-electron chi connectivity index (χ2n) is 9.39. The second kappa shape index (κ2) is 14.1. The molecule has 1 atom stereocenters. The number of aliphatic hydroxyl groups excluding tert-OH is 1. The third-order valence-corrected chi connectivity index (χ3v) is 6.61. The fourth-order valence-electron chi connectivity index (χ4n) is 4.66. The van der Waals surface area contributed by atoms with Crippen LogP contribution in [-0.2, 0) is 4.79 Å². The Hall–Kier alpha value is -2.21. The van der Waals surface area contributed by atoms with Crippen molar-refractivity contribution in [2.24, 2.45) is 10.1 Å². The van der Waals surface area contributed by atoms with Crippen molar-refractivity contribution in [2.45, 2.75) is 109 Å². The van der Waals surface area contributed by atoms with E-state index in [4.69, 9.17) is 0 Å². The lowest BCUT2D eigenvalue weighted by atomic mass is 10.0. The molecule has 0 saturated carbocycles. The molecule has 0 saturated heterocycles. The van der Waals surface area contributed by atoms with E-state index in [-0.39, 0.29) is 12.5 Å². The number of nitrogens with one attached hydrogen (secondary N) is 1. The highest BCUT2D eigenvalue weighted by atomic mass is 16.3. The van der Waals surface area contributed by atoms with Gasteiger partial charge in [-0.15, -0.1) is 0 Å². The Kier molecular flexibility index (Phi) is 10.9. The van der Waals surface area contributed by atoms with Gasteiger partial charge in [0.05, 0.1) is 5.69 Å². The van der Waals surface area contributed by atoms with Gasteiger partial charge in [-0.1, -0.05) is 109 Å². The number of hydrazone groups is 1. The van der Waals surface area contributed by atoms with Crippen molar-refractivity contribution in [1.29, 1.82) is 0 Å². The highest BCUT2D eigenvalue weighted by Crippen LogP contribution is 2.29. The number of rotatable bonds is 16. The first-order valence-electron chi connectivity index (χ1n) is 13.2. The molecule has 1 aromatic carbocycles. The van der Waals surface area contributed by atoms with Gasteiger partial charge >= 0.3 is 0 Å². The number of aliphatic hydroxyl groups is 1. The summed E-state index contributed by atoms with van der Waals surface area (Å²) in [7, 11) is 0. The molecular weight excluding hydrogens is 412 g/mol. The lowest BCUT2D eigenvalue weighted by Gasteiger charge is -2.34. The highest BCUT2D eigenvalue weighted by molar-refractivity contribution is 6.25. The van der Waals surface area contributed by atoms with Crippen LogP contribution in [0, 0.1) is 0 Å². The van der Waals surface area contributed by atoms with Gasteiger partial charge in [-0.25, -0.2) is 9.89 Å². The molecule has 6 nitrogen and oxygen atoms in total. The number of carbonyl (C=O) groups excluding carboxylic acids is 1. The molecule has 6 heteroatoms. The minimum absolute atomic E-state index is 0.121. The Morgan fingerprint density at radius 3 is 2.12 bits per heavy atom. The smallest absolute Gasteiger partial charge is 0.254 e. The zero-order valence-corrected chi connectivity index (χ0v) is 20.4. The number of fused-ring (bicyclic) bond motifs is 3. The molecule has 33 heavy (non-hydrogen) atoms. The number of carbonyl (C=O) groups is 1. The Morgan fingerprint density at radius 1 is 0.909 bits per heavy atom. The Bertz CT molecular complexity index is 805. The Morgan fingerprint density at radius 2 is 1.48 bits per heavy atom. The first kappa shape index (κ1) is 25.4. The quantitative estimate of drug-likeness (QED) is 0.298. The van der Waals surface area contributed by atoms with Crippen molar-refractivity contribution < 1.29 is 9.90 Å². The van der Waals surface area contributed by atoms with Crippen molar-refractivity contribution in [1.82, 2.24) is 10.3 Å². The first-order valence-corrected chi connectivity index (χ1v) is 13.2. The SMILES string of the molecule is CCCCCCCCCCCCCCCCC(O)C1=Nc2ccccc2C2=NNCC(=O)N21. The van der Waals surface area contributed by atoms with Gasteiger partial charge in [0.2, 0.25) is 0 Å². The molecule has 0 aliphatic carbocycles. The summed E-state index contributed by atoms with van der Waals surface area (Å²) in [5, 5.41) is 15.2. The van der Waals surface area contributed by atoms with E-state index in [9.17, 15) is 9.90 Å². The molecule has 0 spiro atoms. The topological polar surface area (TPSA) is 77.3 Å². The zero-order valence-electron chi connectivity index (χ0n) is 20.4. The van der Waals surface area contributed by atoms with Crippen LogP contribution in [0.15, 0.2) is 34.4 Å². The number of benzene rings is 1. The summed E-state index contributed by atoms with van der Waals surface area (Å²) in [5.74, 6) is 0.814. The monoisotopic (exact) mass is 454 g/mol. The van der Waals surface area contributed by atoms with Crippen molar-refractivity contribution in [3.05, 3.63) is 29.8 Å². The molecule has 3 rings (SSSR count). The van der Waals surface area contributed by atoms with E-state index >= 15 is 0 Å². The van der Waals surface area contributed by atoms with E-state index in [0.29, 0.717) is 18.1 Å². The fraction of sp³-hybridized carbons (Fsp3) is 0.667. The summed E-state index contributed by atoms with van der Waals surface area (Å²) >= 11 is 0. The summed E-state index contributed by atoms with van der Waals surface area (Å²) in [6.07, 6.45) is 18.1. The van der Waals surface area contributed by atoms with Gasteiger partial charge in [-0.3, -0.25) is 10.2 Å². The first-order chi connectivity index (χ1) is 16.2. The van der Waals surface area contributed by atoms with Crippen LogP contribution in [0.1, 0.15) is 109 Å². The van der Waals surface area contributed by atoms with Gasteiger partial charge in [-0.05, 0) is 18.6 Å². The number of unbranched alkanes of at least 4 members (excludes halogenated alkanes) is 13. The van der Waals surface area contributed by atoms with Gasteiger partial charge < -0.3 is 5.11 Å². The van der Waals surface area contributed by atoms with Crippen LogP contribution < -0.4 is 5.43 Å². The molecule has 0 aromatic heterocycles. The molecule has 1 unspecified atom stereocenters. The van der Waals surface area contributed by atoms with Crippen molar-refractivity contribution in [3.8, 4) is 0 Å². The van der Waals surface area contributed by atoms with Crippen molar-refractivity contribution in [3.63, 3.8) is 0 Å². The molecule has 0 fully saturated rings. The normalized spacial score (nSPS) is 15.9. The lowest BCUT2D eigenvalue weighted by Crippen LogP contribution is -2.54. The molecule has 0 radical (unpaired) electrons. The highest BCUT2D eigenvalue weighted by Gasteiger charge is 2.36. The summed E-state index contributed by atoms with van der Waals surface area (Å²) in [6.45, 7) is 2.39. The molecule has 0 bridgehead atoms. The van der Waals surface area contributed by atoms with E-state index in [0.717, 1.165) is 24.1 Å². The van der Waals surface area contributed by atoms with Gasteiger partial charge in [0.25, 0.3) is 5.91 Å². The van der Waals surface area contributed by atoms with E-state index in [1.165, 1.54) is 81.9 Å². The standard InChI is InChI=1S/C27H42N4O2/c1-2-3-4-5-6-7-8-9-10-11-12-13-14-15-20-24(32)27-29-23-19-17-16-18-22(23)26-30-28-21-25(33)31(26)27/h16-19,24,28,32H,2-15,20-21H2,1H3. The van der Waals surface area contributed by atoms with Crippen LogP contribution in [-0.4, -0.2) is 40.2 Å². The third-order valence-electron chi connectivity index (χ3n) is 6.61. The van der Waals surface area contributed by atoms with Gasteiger partial charge in [-0.2, -0.15) is 5.10 Å². The number of nitrogens with zero attached hydrogens (tertiary/aromatic N) is 3. The second-order valence-corrected chi connectivity index (χ2v) is 9.39. The Balaban J connectivity index is 1.31. The number of amidine groups is 2. The van der Waals surface area contributed by atoms with Crippen LogP contribution in [0.4, 0.5) is 5.69 Å². The number of aliphatic imine (C=N–C) groups is 1. The van der Waals surface area contributed by atoms with Gasteiger partial charge in [0.15, 0.2) is 5.84 Å². The average Bonchev–Trinajstić information content (AvgIpc) is 2.83. The minimum atomic E-state index is -0.761. The van der Waals surface area contributed by atoms with E-state index in [1.54, 1.807) is 0 Å². The third kappa shape index (κ3) is 7.66. The molecule has 182 valence electrons. The number of hydrogen-bond acceptors (Lipinski definition) is 5. The molecule has 2 heterocycles. The van der Waals surface area contributed by atoms with Crippen LogP contribution in [0.25, 0.3) is 0 Å². The largest absolute Gasteiger partial charge is 0.385 e. The maximum absolute atomic E-state index is 12.5. The molecule has 2 N–H and O–H groups in total. The van der Waals surface area contributed by atoms with E-state index < -0.39 is 6.10 Å². The molecule has 1 aromatic rings.